The average Bonchev–Trinajstić information content (AvgIpc) is 2.32. The number of nitro benzene ring substituents is 1. The summed E-state index contributed by atoms with van der Waals surface area (Å²) < 4.78 is 0. The third-order valence-corrected chi connectivity index (χ3v) is 2.77. The molecule has 1 aromatic rings. The van der Waals surface area contributed by atoms with E-state index in [1.807, 2.05) is 11.8 Å². The highest BCUT2D eigenvalue weighted by Crippen LogP contribution is 2.18. The van der Waals surface area contributed by atoms with Crippen LogP contribution in [-0.4, -0.2) is 46.3 Å². The second kappa shape index (κ2) is 7.05. The lowest BCUT2D eigenvalue weighted by Gasteiger charge is -2.21. The molecule has 0 aliphatic rings. The van der Waals surface area contributed by atoms with E-state index < -0.39 is 4.92 Å². The molecule has 18 heavy (non-hydrogen) atoms. The first-order chi connectivity index (χ1) is 8.58. The molecular weight excluding hydrogens is 236 g/mol. The first-order valence-corrected chi connectivity index (χ1v) is 5.76. The van der Waals surface area contributed by atoms with Crippen molar-refractivity contribution in [2.45, 2.75) is 13.5 Å². The Morgan fingerprint density at radius 1 is 1.28 bits per heavy atom. The second-order valence-electron chi connectivity index (χ2n) is 4.09. The molecule has 0 amide bonds. The molecule has 0 saturated carbocycles. The number of hydrogen-bond donors (Lipinski definition) is 2. The Labute approximate surface area is 106 Å². The first kappa shape index (κ1) is 14.6. The number of rotatable bonds is 7. The highest BCUT2D eigenvalue weighted by molar-refractivity contribution is 5.39. The van der Waals surface area contributed by atoms with E-state index in [9.17, 15) is 10.1 Å². The van der Waals surface area contributed by atoms with Gasteiger partial charge in [0.05, 0.1) is 18.1 Å². The summed E-state index contributed by atoms with van der Waals surface area (Å²) in [5.74, 6) is 0. The quantitative estimate of drug-likeness (QED) is 0.552. The van der Waals surface area contributed by atoms with Gasteiger partial charge in [0, 0.05) is 31.8 Å². The van der Waals surface area contributed by atoms with Crippen molar-refractivity contribution in [1.82, 2.24) is 4.90 Å². The number of nitrogens with zero attached hydrogens (tertiary/aromatic N) is 2. The fraction of sp³-hybridized carbons (Fsp3) is 0.500. The van der Waals surface area contributed by atoms with E-state index in [2.05, 4.69) is 0 Å². The minimum atomic E-state index is -0.425. The van der Waals surface area contributed by atoms with Gasteiger partial charge in [0.15, 0.2) is 0 Å². The van der Waals surface area contributed by atoms with Crippen LogP contribution in [0.5, 0.6) is 0 Å². The molecule has 100 valence electrons. The number of aliphatic hydroxyl groups is 2. The van der Waals surface area contributed by atoms with Gasteiger partial charge in [0.1, 0.15) is 0 Å². The standard InChI is InChI=1S/C12H18N2O4/c1-10-2-3-12(14(17)18)8-11(10)9-13(4-6-15)5-7-16/h2-3,8,15-16H,4-7,9H2,1H3. The molecule has 1 aromatic carbocycles. The van der Waals surface area contributed by atoms with Crippen molar-refractivity contribution in [3.63, 3.8) is 0 Å². The Morgan fingerprint density at radius 2 is 1.89 bits per heavy atom. The van der Waals surface area contributed by atoms with Gasteiger partial charge in [0.25, 0.3) is 5.69 Å². The summed E-state index contributed by atoms with van der Waals surface area (Å²) in [6.45, 7) is 3.22. The molecule has 1 rings (SSSR count). The van der Waals surface area contributed by atoms with Crippen LogP contribution >= 0.6 is 0 Å². The molecule has 0 saturated heterocycles. The SMILES string of the molecule is Cc1ccc([N+](=O)[O-])cc1CN(CCO)CCO. The molecule has 0 bridgehead atoms. The second-order valence-corrected chi connectivity index (χ2v) is 4.09. The molecular formula is C12H18N2O4. The first-order valence-electron chi connectivity index (χ1n) is 5.76. The van der Waals surface area contributed by atoms with E-state index in [-0.39, 0.29) is 18.9 Å². The smallest absolute Gasteiger partial charge is 0.269 e. The maximum atomic E-state index is 10.7. The van der Waals surface area contributed by atoms with E-state index in [0.29, 0.717) is 19.6 Å². The minimum Gasteiger partial charge on any atom is -0.395 e. The maximum Gasteiger partial charge on any atom is 0.269 e. The average molecular weight is 254 g/mol. The zero-order chi connectivity index (χ0) is 13.5. The van der Waals surface area contributed by atoms with Crippen LogP contribution in [0.4, 0.5) is 5.69 Å². The molecule has 6 nitrogen and oxygen atoms in total. The highest BCUT2D eigenvalue weighted by Gasteiger charge is 2.11. The summed E-state index contributed by atoms with van der Waals surface area (Å²) in [5, 5.41) is 28.6. The van der Waals surface area contributed by atoms with Crippen LogP contribution in [0.3, 0.4) is 0 Å². The number of hydrogen-bond acceptors (Lipinski definition) is 5. The van der Waals surface area contributed by atoms with Gasteiger partial charge < -0.3 is 10.2 Å². The molecule has 0 unspecified atom stereocenters. The molecule has 0 aliphatic heterocycles. The van der Waals surface area contributed by atoms with Gasteiger partial charge in [0.2, 0.25) is 0 Å². The van der Waals surface area contributed by atoms with Crippen molar-refractivity contribution in [2.75, 3.05) is 26.3 Å². The lowest BCUT2D eigenvalue weighted by Crippen LogP contribution is -2.29. The monoisotopic (exact) mass is 254 g/mol. The summed E-state index contributed by atoms with van der Waals surface area (Å²) in [7, 11) is 0. The van der Waals surface area contributed by atoms with E-state index in [1.54, 1.807) is 6.07 Å². The van der Waals surface area contributed by atoms with Crippen LogP contribution < -0.4 is 0 Å². The van der Waals surface area contributed by atoms with Crippen molar-refractivity contribution in [3.05, 3.63) is 39.4 Å². The van der Waals surface area contributed by atoms with E-state index >= 15 is 0 Å². The molecule has 2 N–H and O–H groups in total. The normalized spacial score (nSPS) is 10.9. The number of benzene rings is 1. The predicted molar refractivity (Wildman–Crippen MR) is 67.3 cm³/mol. The van der Waals surface area contributed by atoms with Crippen LogP contribution in [0, 0.1) is 17.0 Å². The number of aryl methyl sites for hydroxylation is 1. The van der Waals surface area contributed by atoms with Gasteiger partial charge in [-0.2, -0.15) is 0 Å². The maximum absolute atomic E-state index is 10.7. The Morgan fingerprint density at radius 3 is 2.39 bits per heavy atom. The molecule has 0 aliphatic carbocycles. The Balaban J connectivity index is 2.86. The van der Waals surface area contributed by atoms with Crippen LogP contribution in [0.25, 0.3) is 0 Å². The summed E-state index contributed by atoms with van der Waals surface area (Å²) >= 11 is 0. The Kier molecular flexibility index (Phi) is 5.70. The van der Waals surface area contributed by atoms with Crippen molar-refractivity contribution in [3.8, 4) is 0 Å². The zero-order valence-electron chi connectivity index (χ0n) is 10.4. The predicted octanol–water partition coefficient (Wildman–Crippen LogP) is 0.690. The number of non-ortho nitro benzene ring substituents is 1. The minimum absolute atomic E-state index is 0.00598. The lowest BCUT2D eigenvalue weighted by atomic mass is 10.1. The summed E-state index contributed by atoms with van der Waals surface area (Å²) in [5.41, 5.74) is 1.86. The molecule has 0 aromatic heterocycles. The fourth-order valence-corrected chi connectivity index (χ4v) is 1.74. The topological polar surface area (TPSA) is 86.8 Å². The Hall–Kier alpha value is -1.50. The number of nitro groups is 1. The lowest BCUT2D eigenvalue weighted by molar-refractivity contribution is -0.384. The summed E-state index contributed by atoms with van der Waals surface area (Å²) in [4.78, 5) is 12.1. The van der Waals surface area contributed by atoms with Crippen molar-refractivity contribution in [2.24, 2.45) is 0 Å². The van der Waals surface area contributed by atoms with Gasteiger partial charge >= 0.3 is 0 Å². The Bertz CT molecular complexity index is 403. The van der Waals surface area contributed by atoms with Crippen LogP contribution in [0.1, 0.15) is 11.1 Å². The van der Waals surface area contributed by atoms with E-state index in [0.717, 1.165) is 11.1 Å². The molecule has 0 heterocycles. The molecule has 0 spiro atoms. The van der Waals surface area contributed by atoms with Gasteiger partial charge in [-0.15, -0.1) is 0 Å². The summed E-state index contributed by atoms with van der Waals surface area (Å²) in [6.07, 6.45) is 0. The zero-order valence-corrected chi connectivity index (χ0v) is 10.4. The van der Waals surface area contributed by atoms with E-state index in [1.165, 1.54) is 12.1 Å². The van der Waals surface area contributed by atoms with E-state index in [4.69, 9.17) is 10.2 Å². The van der Waals surface area contributed by atoms with Crippen molar-refractivity contribution >= 4 is 5.69 Å². The van der Waals surface area contributed by atoms with Crippen LogP contribution in [0.15, 0.2) is 18.2 Å². The largest absolute Gasteiger partial charge is 0.395 e. The van der Waals surface area contributed by atoms with Crippen LogP contribution in [0.2, 0.25) is 0 Å². The highest BCUT2D eigenvalue weighted by atomic mass is 16.6. The van der Waals surface area contributed by atoms with Crippen LogP contribution in [-0.2, 0) is 6.54 Å². The van der Waals surface area contributed by atoms with Crippen molar-refractivity contribution in [1.29, 1.82) is 0 Å². The fourth-order valence-electron chi connectivity index (χ4n) is 1.74. The van der Waals surface area contributed by atoms with Crippen molar-refractivity contribution < 1.29 is 15.1 Å². The van der Waals surface area contributed by atoms with Gasteiger partial charge in [-0.1, -0.05) is 6.07 Å². The molecule has 0 fully saturated rings. The third kappa shape index (κ3) is 4.06. The van der Waals surface area contributed by atoms with Gasteiger partial charge in [-0.25, -0.2) is 0 Å². The molecule has 0 radical (unpaired) electrons. The van der Waals surface area contributed by atoms with Gasteiger partial charge in [-0.3, -0.25) is 15.0 Å². The molecule has 6 heteroatoms. The molecule has 0 atom stereocenters. The number of aliphatic hydroxyl groups excluding tert-OH is 2. The van der Waals surface area contributed by atoms with Gasteiger partial charge in [-0.05, 0) is 18.1 Å². The summed E-state index contributed by atoms with van der Waals surface area (Å²) in [6, 6.07) is 4.72. The third-order valence-electron chi connectivity index (χ3n) is 2.77.